The summed E-state index contributed by atoms with van der Waals surface area (Å²) in [4.78, 5) is 13.7. The summed E-state index contributed by atoms with van der Waals surface area (Å²) in [6.45, 7) is 2.53. The van der Waals surface area contributed by atoms with Gasteiger partial charge in [0.25, 0.3) is 5.78 Å². The van der Waals surface area contributed by atoms with Crippen molar-refractivity contribution in [1.29, 1.82) is 0 Å². The molecule has 0 aliphatic rings. The number of halogens is 9. The summed E-state index contributed by atoms with van der Waals surface area (Å²) in [5, 5.41) is 10.1. The zero-order valence-corrected chi connectivity index (χ0v) is 23.7. The molecule has 5 nitrogen and oxygen atoms in total. The van der Waals surface area contributed by atoms with E-state index in [1.165, 1.54) is 18.2 Å². The van der Waals surface area contributed by atoms with Gasteiger partial charge in [-0.3, -0.25) is 14.6 Å². The molecule has 2 rings (SSSR count). The van der Waals surface area contributed by atoms with E-state index in [1.54, 1.807) is 35.2 Å². The third-order valence-electron chi connectivity index (χ3n) is 7.28. The minimum absolute atomic E-state index is 0.0285. The summed E-state index contributed by atoms with van der Waals surface area (Å²) in [5.41, 5.74) is 7.38. The van der Waals surface area contributed by atoms with Gasteiger partial charge in [-0.05, 0) is 49.6 Å². The van der Waals surface area contributed by atoms with E-state index >= 15 is 0 Å². The van der Waals surface area contributed by atoms with Crippen LogP contribution >= 0.6 is 0 Å². The van der Waals surface area contributed by atoms with Crippen molar-refractivity contribution in [3.05, 3.63) is 71.3 Å². The highest BCUT2D eigenvalue weighted by atomic mass is 19.4. The van der Waals surface area contributed by atoms with E-state index in [4.69, 9.17) is 5.73 Å². The molecule has 0 bridgehead atoms. The fourth-order valence-corrected chi connectivity index (χ4v) is 4.37. The van der Waals surface area contributed by atoms with Crippen LogP contribution in [0.4, 0.5) is 45.2 Å². The highest BCUT2D eigenvalue weighted by Gasteiger charge is 2.47. The smallest absolute Gasteiger partial charge is 0.454 e. The maximum absolute atomic E-state index is 13.7. The van der Waals surface area contributed by atoms with Crippen molar-refractivity contribution in [3.63, 3.8) is 0 Å². The molecule has 3 N–H and O–H groups in total. The Morgan fingerprint density at radius 2 is 1.47 bits per heavy atom. The van der Waals surface area contributed by atoms with Gasteiger partial charge in [0.1, 0.15) is 11.8 Å². The first kappa shape index (κ1) is 35.9. The first-order valence-electron chi connectivity index (χ1n) is 13.3. The normalized spacial score (nSPS) is 15.5. The van der Waals surface area contributed by atoms with Crippen molar-refractivity contribution in [3.8, 4) is 0 Å². The Hall–Kier alpha value is -3.26. The van der Waals surface area contributed by atoms with Gasteiger partial charge in [-0.15, -0.1) is 0 Å². The van der Waals surface area contributed by atoms with E-state index < -0.39 is 48.1 Å². The Balaban J connectivity index is 2.36. The summed E-state index contributed by atoms with van der Waals surface area (Å²) in [6, 6.07) is 8.69. The van der Waals surface area contributed by atoms with Crippen molar-refractivity contribution in [2.75, 3.05) is 25.4 Å². The number of carbonyl (C=O) groups is 1. The topological polar surface area (TPSA) is 69.8 Å². The summed E-state index contributed by atoms with van der Waals surface area (Å²) in [7, 11) is 0. The van der Waals surface area contributed by atoms with Crippen LogP contribution in [0.15, 0.2) is 54.6 Å². The van der Waals surface area contributed by atoms with Crippen molar-refractivity contribution in [2.24, 2.45) is 5.92 Å². The highest BCUT2D eigenvalue weighted by Crippen LogP contribution is 2.34. The number of nitrogen functional groups attached to an aromatic ring is 1. The fraction of sp³-hybridized carbons (Fsp3) is 0.483. The lowest BCUT2D eigenvalue weighted by atomic mass is 9.99. The maximum Gasteiger partial charge on any atom is 0.454 e. The Morgan fingerprint density at radius 3 is 2.00 bits per heavy atom. The molecule has 240 valence electrons. The van der Waals surface area contributed by atoms with Crippen LogP contribution in [0.25, 0.3) is 5.76 Å². The van der Waals surface area contributed by atoms with Gasteiger partial charge in [0, 0.05) is 49.5 Å². The molecule has 43 heavy (non-hydrogen) atoms. The van der Waals surface area contributed by atoms with Gasteiger partial charge in [-0.2, -0.15) is 39.5 Å². The van der Waals surface area contributed by atoms with E-state index in [0.717, 1.165) is 31.2 Å². The molecule has 0 aliphatic carbocycles. The van der Waals surface area contributed by atoms with Gasteiger partial charge in [0.2, 0.25) is 0 Å². The zero-order chi connectivity index (χ0) is 32.8. The van der Waals surface area contributed by atoms with Crippen LogP contribution in [0.3, 0.4) is 0 Å². The lowest BCUT2D eigenvalue weighted by molar-refractivity contribution is -0.214. The molecule has 0 amide bonds. The molecule has 0 radical (unpaired) electrons. The van der Waals surface area contributed by atoms with Crippen LogP contribution in [0, 0.1) is 5.92 Å². The minimum Gasteiger partial charge on any atom is -0.507 e. The average Bonchev–Trinajstić information content (AvgIpc) is 2.90. The van der Waals surface area contributed by atoms with E-state index in [1.807, 2.05) is 0 Å². The molecular weight excluding hydrogens is 593 g/mol. The number of rotatable bonds is 13. The predicted octanol–water partition coefficient (Wildman–Crippen LogP) is 7.18. The van der Waals surface area contributed by atoms with Crippen LogP contribution in [-0.2, 0) is 17.8 Å². The molecule has 14 heteroatoms. The van der Waals surface area contributed by atoms with Crippen molar-refractivity contribution in [1.82, 2.24) is 9.80 Å². The molecule has 0 saturated carbocycles. The number of carbonyl (C=O) groups excluding carboxylic acids is 1. The van der Waals surface area contributed by atoms with Crippen molar-refractivity contribution in [2.45, 2.75) is 64.3 Å². The SMILES string of the molecule is CC([C@@H](C)N(CCN(CCc1ccc(N)cc1)Cc1cccc(C(O)=CC(=O)C(F)(F)F)c1)C(C)C(F)(F)F)C(F)(F)F. The second kappa shape index (κ2) is 14.5. The first-order chi connectivity index (χ1) is 19.7. The number of aliphatic hydroxyl groups excluding tert-OH is 1. The minimum atomic E-state index is -5.19. The summed E-state index contributed by atoms with van der Waals surface area (Å²) < 4.78 is 119. The largest absolute Gasteiger partial charge is 0.507 e. The number of benzene rings is 2. The van der Waals surface area contributed by atoms with Gasteiger partial charge in [-0.25, -0.2) is 0 Å². The van der Waals surface area contributed by atoms with E-state index in [0.29, 0.717) is 17.7 Å². The monoisotopic (exact) mass is 627 g/mol. The predicted molar refractivity (Wildman–Crippen MR) is 145 cm³/mol. The average molecular weight is 628 g/mol. The molecule has 0 aliphatic heterocycles. The third kappa shape index (κ3) is 11.1. The van der Waals surface area contributed by atoms with Crippen LogP contribution in [0.5, 0.6) is 0 Å². The number of alkyl halides is 9. The second-order valence-corrected chi connectivity index (χ2v) is 10.4. The van der Waals surface area contributed by atoms with Crippen LogP contribution in [0.2, 0.25) is 0 Å². The molecule has 2 aromatic rings. The lowest BCUT2D eigenvalue weighted by Crippen LogP contribution is -2.54. The molecule has 0 aromatic heterocycles. The Bertz CT molecular complexity index is 1230. The number of ketones is 1. The molecule has 0 fully saturated rings. The van der Waals surface area contributed by atoms with Gasteiger partial charge in [0.15, 0.2) is 0 Å². The number of hydrogen-bond acceptors (Lipinski definition) is 5. The van der Waals surface area contributed by atoms with E-state index in [9.17, 15) is 49.4 Å². The van der Waals surface area contributed by atoms with Gasteiger partial charge in [-0.1, -0.05) is 37.3 Å². The molecule has 0 spiro atoms. The first-order valence-corrected chi connectivity index (χ1v) is 13.3. The van der Waals surface area contributed by atoms with Gasteiger partial charge < -0.3 is 10.8 Å². The van der Waals surface area contributed by atoms with E-state index in [-0.39, 0.29) is 37.8 Å². The summed E-state index contributed by atoms with van der Waals surface area (Å²) in [6.07, 6.45) is -14.3. The van der Waals surface area contributed by atoms with Crippen molar-refractivity contribution >= 4 is 17.2 Å². The number of nitrogens with zero attached hydrogens (tertiary/aromatic N) is 2. The molecule has 0 saturated heterocycles. The Labute approximate surface area is 243 Å². The van der Waals surface area contributed by atoms with E-state index in [2.05, 4.69) is 0 Å². The van der Waals surface area contributed by atoms with Gasteiger partial charge >= 0.3 is 18.5 Å². The number of aliphatic hydroxyl groups is 1. The number of nitrogens with two attached hydrogens (primary N) is 1. The second-order valence-electron chi connectivity index (χ2n) is 10.4. The third-order valence-corrected chi connectivity index (χ3v) is 7.28. The maximum atomic E-state index is 13.7. The van der Waals surface area contributed by atoms with Crippen LogP contribution < -0.4 is 5.73 Å². The fourth-order valence-electron chi connectivity index (χ4n) is 4.37. The molecule has 2 unspecified atom stereocenters. The molecular formula is C29H34F9N3O2. The van der Waals surface area contributed by atoms with Crippen LogP contribution in [0.1, 0.15) is 37.5 Å². The lowest BCUT2D eigenvalue weighted by Gasteiger charge is -2.40. The number of allylic oxidation sites excluding steroid dienone is 1. The molecule has 2 aromatic carbocycles. The summed E-state index contributed by atoms with van der Waals surface area (Å²) in [5.74, 6) is -5.24. The number of anilines is 1. The zero-order valence-electron chi connectivity index (χ0n) is 23.7. The standard InChI is InChI=1S/C29H34F9N3O2/c1-18(27(30,31)32)19(2)41(20(3)28(33,34)35)14-13-40(12-11-21-7-9-24(39)10-8-21)17-22-5-4-6-23(15-22)25(42)16-26(43)29(36,37)38/h4-10,15-16,18-20,42H,11-14,17,39H2,1-3H3/t18?,19-,20?/m1/s1. The highest BCUT2D eigenvalue weighted by molar-refractivity contribution is 5.99. The Kier molecular flexibility index (Phi) is 12.1. The summed E-state index contributed by atoms with van der Waals surface area (Å²) >= 11 is 0. The Morgan fingerprint density at radius 1 is 0.860 bits per heavy atom. The van der Waals surface area contributed by atoms with Gasteiger partial charge in [0.05, 0.1) is 5.92 Å². The van der Waals surface area contributed by atoms with Crippen LogP contribution in [-0.4, -0.2) is 70.9 Å². The molecule has 0 heterocycles. The molecule has 3 atom stereocenters. The number of hydrogen-bond donors (Lipinski definition) is 2. The van der Waals surface area contributed by atoms with Crippen molar-refractivity contribution < 1.29 is 49.4 Å². The quantitative estimate of drug-likeness (QED) is 0.107.